The number of piperidine rings is 1. The van der Waals surface area contributed by atoms with Crippen LogP contribution in [0.15, 0.2) is 42.5 Å². The molecule has 2 aliphatic heterocycles. The fraction of sp³-hybridized carbons (Fsp3) is 0.478. The zero-order chi connectivity index (χ0) is 19.7. The van der Waals surface area contributed by atoms with Gasteiger partial charge in [0.15, 0.2) is 0 Å². The Labute approximate surface area is 166 Å². The number of nitrogens with zero attached hydrogens (tertiary/aromatic N) is 1. The number of aliphatic hydroxyl groups excluding tert-OH is 2. The number of rotatable bonds is 4. The summed E-state index contributed by atoms with van der Waals surface area (Å²) in [5.41, 5.74) is 2.64. The average Bonchev–Trinajstić information content (AvgIpc) is 2.71. The van der Waals surface area contributed by atoms with E-state index in [0.717, 1.165) is 54.1 Å². The van der Waals surface area contributed by atoms with Crippen LogP contribution < -0.4 is 9.47 Å². The maximum atomic E-state index is 10.7. The summed E-state index contributed by atoms with van der Waals surface area (Å²) < 4.78 is 11.6. The zero-order valence-corrected chi connectivity index (χ0v) is 16.6. The Morgan fingerprint density at radius 3 is 2.57 bits per heavy atom. The Kier molecular flexibility index (Phi) is 5.32. The van der Waals surface area contributed by atoms with Crippen LogP contribution >= 0.6 is 0 Å². The molecule has 0 unspecified atom stereocenters. The van der Waals surface area contributed by atoms with Gasteiger partial charge in [0.25, 0.3) is 0 Å². The van der Waals surface area contributed by atoms with Gasteiger partial charge in [-0.15, -0.1) is 0 Å². The van der Waals surface area contributed by atoms with Crippen molar-refractivity contribution in [3.8, 4) is 11.5 Å². The summed E-state index contributed by atoms with van der Waals surface area (Å²) in [7, 11) is 1.64. The molecule has 0 bridgehead atoms. The molecule has 0 radical (unpaired) electrons. The zero-order valence-electron chi connectivity index (χ0n) is 16.6. The van der Waals surface area contributed by atoms with Crippen molar-refractivity contribution in [2.45, 2.75) is 44.0 Å². The highest BCUT2D eigenvalue weighted by molar-refractivity contribution is 5.41. The third-order valence-corrected chi connectivity index (χ3v) is 6.12. The molecule has 0 aromatic heterocycles. The predicted octanol–water partition coefficient (Wildman–Crippen LogP) is 3.39. The SMILES string of the molecule is COc1ccc([C@H](O)CN2CCC3(CC2)C[C@H](O)c2cc(C)ccc2O3)cc1. The van der Waals surface area contributed by atoms with Crippen LogP contribution in [-0.2, 0) is 0 Å². The molecule has 150 valence electrons. The van der Waals surface area contributed by atoms with Gasteiger partial charge in [-0.05, 0) is 49.6 Å². The van der Waals surface area contributed by atoms with E-state index in [2.05, 4.69) is 4.90 Å². The van der Waals surface area contributed by atoms with Gasteiger partial charge in [-0.1, -0.05) is 23.8 Å². The second kappa shape index (κ2) is 7.74. The first-order valence-corrected chi connectivity index (χ1v) is 10.00. The quantitative estimate of drug-likeness (QED) is 0.847. The number of likely N-dealkylation sites (tertiary alicyclic amines) is 1. The minimum absolute atomic E-state index is 0.302. The van der Waals surface area contributed by atoms with Crippen LogP contribution in [0.3, 0.4) is 0 Å². The molecule has 1 spiro atoms. The minimum Gasteiger partial charge on any atom is -0.497 e. The van der Waals surface area contributed by atoms with E-state index < -0.39 is 12.2 Å². The first-order valence-electron chi connectivity index (χ1n) is 10.00. The molecule has 1 saturated heterocycles. The number of methoxy groups -OCH3 is 1. The Balaban J connectivity index is 1.37. The summed E-state index contributed by atoms with van der Waals surface area (Å²) in [5.74, 6) is 1.61. The van der Waals surface area contributed by atoms with Gasteiger partial charge in [0.1, 0.15) is 17.1 Å². The molecule has 28 heavy (non-hydrogen) atoms. The van der Waals surface area contributed by atoms with Gasteiger partial charge in [-0.25, -0.2) is 0 Å². The fourth-order valence-corrected chi connectivity index (χ4v) is 4.38. The van der Waals surface area contributed by atoms with Crippen LogP contribution in [0, 0.1) is 6.92 Å². The number of ether oxygens (including phenoxy) is 2. The Morgan fingerprint density at radius 2 is 1.89 bits per heavy atom. The summed E-state index contributed by atoms with van der Waals surface area (Å²) >= 11 is 0. The molecule has 0 saturated carbocycles. The van der Waals surface area contributed by atoms with Crippen LogP contribution in [0.2, 0.25) is 0 Å². The Bertz CT molecular complexity index is 812. The van der Waals surface area contributed by atoms with Crippen molar-refractivity contribution in [1.29, 1.82) is 0 Å². The molecule has 0 amide bonds. The third-order valence-electron chi connectivity index (χ3n) is 6.12. The molecule has 2 aromatic rings. The van der Waals surface area contributed by atoms with E-state index in [9.17, 15) is 10.2 Å². The highest BCUT2D eigenvalue weighted by Crippen LogP contribution is 2.44. The molecule has 5 heteroatoms. The predicted molar refractivity (Wildman–Crippen MR) is 108 cm³/mol. The number of hydrogen-bond acceptors (Lipinski definition) is 5. The normalized spacial score (nSPS) is 22.4. The topological polar surface area (TPSA) is 62.2 Å². The smallest absolute Gasteiger partial charge is 0.125 e. The van der Waals surface area contributed by atoms with E-state index in [1.807, 2.05) is 49.4 Å². The summed E-state index contributed by atoms with van der Waals surface area (Å²) in [4.78, 5) is 2.28. The maximum absolute atomic E-state index is 10.7. The van der Waals surface area contributed by atoms with Crippen molar-refractivity contribution in [1.82, 2.24) is 4.90 Å². The van der Waals surface area contributed by atoms with Gasteiger partial charge in [0.2, 0.25) is 0 Å². The van der Waals surface area contributed by atoms with Gasteiger partial charge >= 0.3 is 0 Å². The van der Waals surface area contributed by atoms with Crippen LogP contribution in [0.1, 0.15) is 48.2 Å². The summed E-state index contributed by atoms with van der Waals surface area (Å²) in [6, 6.07) is 13.6. The molecular weight excluding hydrogens is 354 g/mol. The lowest BCUT2D eigenvalue weighted by Gasteiger charge is -2.46. The van der Waals surface area contributed by atoms with E-state index in [0.29, 0.717) is 13.0 Å². The molecule has 0 aliphatic carbocycles. The van der Waals surface area contributed by atoms with Crippen LogP contribution in [0.4, 0.5) is 0 Å². The van der Waals surface area contributed by atoms with Crippen LogP contribution in [0.5, 0.6) is 11.5 Å². The molecule has 2 atom stereocenters. The van der Waals surface area contributed by atoms with Gasteiger partial charge in [0.05, 0.1) is 19.3 Å². The molecule has 4 rings (SSSR count). The molecule has 2 aliphatic rings. The monoisotopic (exact) mass is 383 g/mol. The standard InChI is InChI=1S/C23H29NO4/c1-16-3-8-22-19(13-16)20(25)14-23(28-22)9-11-24(12-10-23)15-21(26)17-4-6-18(27-2)7-5-17/h3-8,13,20-21,25-26H,9-12,14-15H2,1-2H3/t20-,21+/m0/s1. The lowest BCUT2D eigenvalue weighted by Crippen LogP contribution is -2.51. The molecule has 2 heterocycles. The van der Waals surface area contributed by atoms with Gasteiger partial charge < -0.3 is 24.6 Å². The minimum atomic E-state index is -0.526. The van der Waals surface area contributed by atoms with Crippen molar-refractivity contribution in [2.24, 2.45) is 0 Å². The number of benzene rings is 2. The molecule has 1 fully saturated rings. The summed E-state index contributed by atoms with van der Waals surface area (Å²) in [6.45, 7) is 4.33. The first kappa shape index (κ1) is 19.2. The number of aryl methyl sites for hydroxylation is 1. The molecule has 5 nitrogen and oxygen atoms in total. The maximum Gasteiger partial charge on any atom is 0.125 e. The molecular formula is C23H29NO4. The van der Waals surface area contributed by atoms with Crippen molar-refractivity contribution >= 4 is 0 Å². The highest BCUT2D eigenvalue weighted by atomic mass is 16.5. The largest absolute Gasteiger partial charge is 0.497 e. The van der Waals surface area contributed by atoms with Gasteiger partial charge in [-0.3, -0.25) is 0 Å². The second-order valence-corrected chi connectivity index (χ2v) is 8.14. The number of hydrogen-bond donors (Lipinski definition) is 2. The van der Waals surface area contributed by atoms with E-state index >= 15 is 0 Å². The van der Waals surface area contributed by atoms with Crippen molar-refractivity contribution in [3.63, 3.8) is 0 Å². The lowest BCUT2D eigenvalue weighted by atomic mass is 9.81. The first-order chi connectivity index (χ1) is 13.5. The molecule has 2 aromatic carbocycles. The Hall–Kier alpha value is -2.08. The van der Waals surface area contributed by atoms with Crippen molar-refractivity contribution in [3.05, 3.63) is 59.2 Å². The van der Waals surface area contributed by atoms with Crippen LogP contribution in [0.25, 0.3) is 0 Å². The van der Waals surface area contributed by atoms with Crippen LogP contribution in [-0.4, -0.2) is 47.5 Å². The number of β-amino-alcohol motifs (C(OH)–C–C–N with tert-alkyl or cyclic N) is 1. The van der Waals surface area contributed by atoms with Crippen molar-refractivity contribution < 1.29 is 19.7 Å². The average molecular weight is 383 g/mol. The second-order valence-electron chi connectivity index (χ2n) is 8.14. The van der Waals surface area contributed by atoms with E-state index in [4.69, 9.17) is 9.47 Å². The van der Waals surface area contributed by atoms with E-state index in [-0.39, 0.29) is 5.60 Å². The van der Waals surface area contributed by atoms with Gasteiger partial charge in [-0.2, -0.15) is 0 Å². The number of fused-ring (bicyclic) bond motifs is 1. The molecule has 2 N–H and O–H groups in total. The Morgan fingerprint density at radius 1 is 1.18 bits per heavy atom. The van der Waals surface area contributed by atoms with E-state index in [1.54, 1.807) is 7.11 Å². The third kappa shape index (κ3) is 3.88. The summed E-state index contributed by atoms with van der Waals surface area (Å²) in [6.07, 6.45) is 1.35. The van der Waals surface area contributed by atoms with Crippen molar-refractivity contribution in [2.75, 3.05) is 26.7 Å². The van der Waals surface area contributed by atoms with E-state index in [1.165, 1.54) is 0 Å². The summed E-state index contributed by atoms with van der Waals surface area (Å²) in [5, 5.41) is 21.2. The highest BCUT2D eigenvalue weighted by Gasteiger charge is 2.43. The lowest BCUT2D eigenvalue weighted by molar-refractivity contribution is -0.0588. The van der Waals surface area contributed by atoms with Gasteiger partial charge in [0, 0.05) is 31.6 Å². The fourth-order valence-electron chi connectivity index (χ4n) is 4.38. The number of aliphatic hydroxyl groups is 2.